The third-order valence-corrected chi connectivity index (χ3v) is 1.48. The van der Waals surface area contributed by atoms with E-state index in [0.29, 0.717) is 0 Å². The SMILES string of the molecule is CC(C)(C)C(F)(C#N)C(=O)O. The molecule has 0 fully saturated rings. The van der Waals surface area contributed by atoms with E-state index in [4.69, 9.17) is 10.4 Å². The number of hydrogen-bond donors (Lipinski definition) is 1. The maximum atomic E-state index is 13.2. The zero-order valence-corrected chi connectivity index (χ0v) is 6.68. The smallest absolute Gasteiger partial charge is 0.357 e. The molecule has 0 saturated heterocycles. The standard InChI is InChI=1S/C7H10FNO2/c1-6(2,3)7(8,4-9)5(10)11/h1-3H3,(H,10,11). The number of carboxylic acid groups (broad SMARTS) is 1. The first kappa shape index (κ1) is 9.89. The van der Waals surface area contributed by atoms with Crippen LogP contribution in [0.15, 0.2) is 0 Å². The molecule has 0 saturated carbocycles. The lowest BCUT2D eigenvalue weighted by molar-refractivity contribution is -0.153. The average molecular weight is 159 g/mol. The number of aliphatic carboxylic acids is 1. The fourth-order valence-corrected chi connectivity index (χ4v) is 0.536. The first-order valence-electron chi connectivity index (χ1n) is 3.09. The van der Waals surface area contributed by atoms with E-state index in [1.165, 1.54) is 20.8 Å². The molecule has 0 aliphatic carbocycles. The van der Waals surface area contributed by atoms with E-state index < -0.39 is 17.1 Å². The van der Waals surface area contributed by atoms with Gasteiger partial charge in [0.25, 0.3) is 5.67 Å². The Balaban J connectivity index is 4.96. The monoisotopic (exact) mass is 159 g/mol. The highest BCUT2D eigenvalue weighted by atomic mass is 19.1. The van der Waals surface area contributed by atoms with Crippen molar-refractivity contribution in [3.05, 3.63) is 0 Å². The Labute approximate surface area is 64.4 Å². The maximum absolute atomic E-state index is 13.2. The van der Waals surface area contributed by atoms with Crippen molar-refractivity contribution in [2.45, 2.75) is 26.4 Å². The van der Waals surface area contributed by atoms with E-state index >= 15 is 0 Å². The van der Waals surface area contributed by atoms with Gasteiger partial charge < -0.3 is 5.11 Å². The van der Waals surface area contributed by atoms with Crippen LogP contribution in [-0.2, 0) is 4.79 Å². The fraction of sp³-hybridized carbons (Fsp3) is 0.714. The fourth-order valence-electron chi connectivity index (χ4n) is 0.536. The Morgan fingerprint density at radius 3 is 1.91 bits per heavy atom. The van der Waals surface area contributed by atoms with E-state index in [0.717, 1.165) is 6.07 Å². The number of nitrogens with zero attached hydrogens (tertiary/aromatic N) is 1. The minimum Gasteiger partial charge on any atom is -0.478 e. The lowest BCUT2D eigenvalue weighted by Crippen LogP contribution is -2.44. The molecule has 1 atom stereocenters. The summed E-state index contributed by atoms with van der Waals surface area (Å²) in [7, 11) is 0. The third-order valence-electron chi connectivity index (χ3n) is 1.48. The van der Waals surface area contributed by atoms with E-state index in [-0.39, 0.29) is 0 Å². The first-order chi connectivity index (χ1) is 4.75. The number of carboxylic acids is 1. The number of rotatable bonds is 1. The quantitative estimate of drug-likeness (QED) is 0.628. The maximum Gasteiger partial charge on any atom is 0.357 e. The zero-order chi connectivity index (χ0) is 9.28. The Morgan fingerprint density at radius 2 is 1.91 bits per heavy atom. The highest BCUT2D eigenvalue weighted by Gasteiger charge is 2.50. The van der Waals surface area contributed by atoms with Gasteiger partial charge in [-0.2, -0.15) is 5.26 Å². The summed E-state index contributed by atoms with van der Waals surface area (Å²) in [6, 6.07) is 1.15. The molecule has 0 aromatic rings. The van der Waals surface area contributed by atoms with Crippen LogP contribution < -0.4 is 0 Å². The number of nitriles is 1. The van der Waals surface area contributed by atoms with Crippen molar-refractivity contribution in [1.29, 1.82) is 5.26 Å². The van der Waals surface area contributed by atoms with Crippen LogP contribution in [0.4, 0.5) is 4.39 Å². The van der Waals surface area contributed by atoms with E-state index in [1.807, 2.05) is 0 Å². The molecule has 0 radical (unpaired) electrons. The van der Waals surface area contributed by atoms with Crippen molar-refractivity contribution in [1.82, 2.24) is 0 Å². The van der Waals surface area contributed by atoms with Crippen molar-refractivity contribution in [2.24, 2.45) is 5.41 Å². The molecule has 1 N–H and O–H groups in total. The largest absolute Gasteiger partial charge is 0.478 e. The van der Waals surface area contributed by atoms with Crippen molar-refractivity contribution in [3.8, 4) is 6.07 Å². The second kappa shape index (κ2) is 2.50. The van der Waals surface area contributed by atoms with Crippen LogP contribution in [0.3, 0.4) is 0 Å². The van der Waals surface area contributed by atoms with Gasteiger partial charge in [-0.3, -0.25) is 0 Å². The average Bonchev–Trinajstić information content (AvgIpc) is 1.83. The second-order valence-corrected chi connectivity index (χ2v) is 3.33. The van der Waals surface area contributed by atoms with Gasteiger partial charge in [0.15, 0.2) is 0 Å². The minimum atomic E-state index is -2.80. The summed E-state index contributed by atoms with van der Waals surface area (Å²) in [6.45, 7) is 4.10. The molecule has 0 aliphatic rings. The molecule has 0 aromatic carbocycles. The highest BCUT2D eigenvalue weighted by molar-refractivity contribution is 5.82. The number of carbonyl (C=O) groups is 1. The molecule has 1 unspecified atom stereocenters. The summed E-state index contributed by atoms with van der Waals surface area (Å²) in [6.07, 6.45) is 0. The molecular weight excluding hydrogens is 149 g/mol. The summed E-state index contributed by atoms with van der Waals surface area (Å²) in [4.78, 5) is 10.3. The topological polar surface area (TPSA) is 61.1 Å². The van der Waals surface area contributed by atoms with Crippen LogP contribution in [0.25, 0.3) is 0 Å². The number of halogens is 1. The zero-order valence-electron chi connectivity index (χ0n) is 6.68. The number of alkyl halides is 1. The van der Waals surface area contributed by atoms with Gasteiger partial charge in [0.05, 0.1) is 0 Å². The first-order valence-corrected chi connectivity index (χ1v) is 3.09. The molecule has 11 heavy (non-hydrogen) atoms. The molecule has 0 bridgehead atoms. The molecule has 4 heteroatoms. The van der Waals surface area contributed by atoms with Gasteiger partial charge in [0.2, 0.25) is 0 Å². The molecule has 0 aromatic heterocycles. The molecule has 0 rings (SSSR count). The second-order valence-electron chi connectivity index (χ2n) is 3.33. The van der Waals surface area contributed by atoms with Crippen LogP contribution in [0.1, 0.15) is 20.8 Å². The van der Waals surface area contributed by atoms with Crippen molar-refractivity contribution in [2.75, 3.05) is 0 Å². The molecular formula is C7H10FNO2. The van der Waals surface area contributed by atoms with Gasteiger partial charge in [-0.05, 0) is 0 Å². The predicted molar refractivity (Wildman–Crippen MR) is 36.5 cm³/mol. The summed E-state index contributed by atoms with van der Waals surface area (Å²) in [5, 5.41) is 16.7. The van der Waals surface area contributed by atoms with E-state index in [2.05, 4.69) is 0 Å². The van der Waals surface area contributed by atoms with Crippen LogP contribution in [0, 0.1) is 16.7 Å². The summed E-state index contributed by atoms with van der Waals surface area (Å²) >= 11 is 0. The van der Waals surface area contributed by atoms with E-state index in [9.17, 15) is 9.18 Å². The third kappa shape index (κ3) is 1.48. The van der Waals surface area contributed by atoms with Gasteiger partial charge in [-0.1, -0.05) is 20.8 Å². The van der Waals surface area contributed by atoms with Gasteiger partial charge >= 0.3 is 5.97 Å². The van der Waals surface area contributed by atoms with Gasteiger partial charge in [0, 0.05) is 5.41 Å². The summed E-state index contributed by atoms with van der Waals surface area (Å²) in [5.74, 6) is -1.73. The Hall–Kier alpha value is -1.11. The molecule has 0 spiro atoms. The van der Waals surface area contributed by atoms with Crippen LogP contribution >= 0.6 is 0 Å². The molecule has 0 heterocycles. The van der Waals surface area contributed by atoms with Gasteiger partial charge in [-0.25, -0.2) is 9.18 Å². The molecule has 62 valence electrons. The molecule has 3 nitrogen and oxygen atoms in total. The lowest BCUT2D eigenvalue weighted by atomic mass is 9.79. The normalized spacial score (nSPS) is 16.6. The van der Waals surface area contributed by atoms with Crippen LogP contribution in [-0.4, -0.2) is 16.7 Å². The van der Waals surface area contributed by atoms with Crippen molar-refractivity contribution in [3.63, 3.8) is 0 Å². The Morgan fingerprint density at radius 1 is 1.55 bits per heavy atom. The van der Waals surface area contributed by atoms with Gasteiger partial charge in [-0.15, -0.1) is 0 Å². The highest BCUT2D eigenvalue weighted by Crippen LogP contribution is 2.33. The summed E-state index contributed by atoms with van der Waals surface area (Å²) in [5.41, 5.74) is -4.00. The van der Waals surface area contributed by atoms with Gasteiger partial charge in [0.1, 0.15) is 6.07 Å². The lowest BCUT2D eigenvalue weighted by Gasteiger charge is -2.27. The molecule has 0 amide bonds. The molecule has 0 aliphatic heterocycles. The van der Waals surface area contributed by atoms with Crippen LogP contribution in [0.2, 0.25) is 0 Å². The van der Waals surface area contributed by atoms with Crippen LogP contribution in [0.5, 0.6) is 0 Å². The van der Waals surface area contributed by atoms with Crippen molar-refractivity contribution < 1.29 is 14.3 Å². The van der Waals surface area contributed by atoms with E-state index in [1.54, 1.807) is 0 Å². The predicted octanol–water partition coefficient (Wildman–Crippen LogP) is 1.35. The summed E-state index contributed by atoms with van der Waals surface area (Å²) < 4.78 is 13.2. The van der Waals surface area contributed by atoms with Crippen molar-refractivity contribution >= 4 is 5.97 Å². The Bertz CT molecular complexity index is 213. The number of hydrogen-bond acceptors (Lipinski definition) is 2. The Kier molecular flexibility index (Phi) is 2.24. The minimum absolute atomic E-state index is 1.15.